The Labute approximate surface area is 114 Å². The van der Waals surface area contributed by atoms with Gasteiger partial charge in [0.05, 0.1) is 4.47 Å². The second kappa shape index (κ2) is 4.60. The van der Waals surface area contributed by atoms with Gasteiger partial charge in [-0.3, -0.25) is 4.68 Å². The minimum Gasteiger partial charge on any atom is -0.476 e. The molecule has 0 saturated carbocycles. The molecule has 114 valence electrons. The van der Waals surface area contributed by atoms with Crippen LogP contribution >= 0.6 is 15.9 Å². The molecule has 1 N–H and O–H groups in total. The Balaban J connectivity index is 3.52. The van der Waals surface area contributed by atoms with Gasteiger partial charge in [-0.2, -0.15) is 35.8 Å². The lowest BCUT2D eigenvalue weighted by molar-refractivity contribution is -0.360. The molecular formula is C8H4BrF7N2O2. The monoisotopic (exact) mass is 372 g/mol. The van der Waals surface area contributed by atoms with E-state index in [2.05, 4.69) is 21.0 Å². The van der Waals surface area contributed by atoms with Crippen molar-refractivity contribution < 1.29 is 40.6 Å². The van der Waals surface area contributed by atoms with Gasteiger partial charge in [-0.25, -0.2) is 4.79 Å². The third kappa shape index (κ3) is 2.25. The summed E-state index contributed by atoms with van der Waals surface area (Å²) in [5.41, 5.74) is -3.00. The van der Waals surface area contributed by atoms with Gasteiger partial charge in [0, 0.05) is 7.05 Å². The molecule has 0 bridgehead atoms. The van der Waals surface area contributed by atoms with E-state index in [0.717, 1.165) is 7.05 Å². The van der Waals surface area contributed by atoms with Crippen molar-refractivity contribution in [2.75, 3.05) is 0 Å². The van der Waals surface area contributed by atoms with Crippen molar-refractivity contribution in [3.8, 4) is 0 Å². The average molecular weight is 373 g/mol. The van der Waals surface area contributed by atoms with E-state index in [1.807, 2.05) is 0 Å². The minimum absolute atomic E-state index is 0.252. The van der Waals surface area contributed by atoms with E-state index < -0.39 is 39.9 Å². The van der Waals surface area contributed by atoms with E-state index in [0.29, 0.717) is 0 Å². The third-order valence-electron chi connectivity index (χ3n) is 2.24. The van der Waals surface area contributed by atoms with Crippen LogP contribution in [0.5, 0.6) is 0 Å². The Kier molecular flexibility index (Phi) is 3.85. The lowest BCUT2D eigenvalue weighted by atomic mass is 10.1. The van der Waals surface area contributed by atoms with Crippen LogP contribution in [0.1, 0.15) is 16.2 Å². The predicted molar refractivity (Wildman–Crippen MR) is 52.8 cm³/mol. The smallest absolute Gasteiger partial charge is 0.460 e. The molecule has 0 aromatic carbocycles. The molecule has 0 aliphatic rings. The van der Waals surface area contributed by atoms with Crippen molar-refractivity contribution in [1.29, 1.82) is 0 Å². The number of nitrogens with zero attached hydrogens (tertiary/aromatic N) is 2. The topological polar surface area (TPSA) is 55.1 Å². The lowest BCUT2D eigenvalue weighted by Crippen LogP contribution is -2.50. The molecule has 0 aliphatic carbocycles. The second-order valence-corrected chi connectivity index (χ2v) is 4.38. The zero-order chi connectivity index (χ0) is 16.1. The highest BCUT2D eigenvalue weighted by molar-refractivity contribution is 9.10. The average Bonchev–Trinajstić information content (AvgIpc) is 2.52. The van der Waals surface area contributed by atoms with E-state index in [1.165, 1.54) is 0 Å². The van der Waals surface area contributed by atoms with E-state index >= 15 is 0 Å². The summed E-state index contributed by atoms with van der Waals surface area (Å²) in [5.74, 6) is -14.0. The van der Waals surface area contributed by atoms with Crippen LogP contribution in [0.4, 0.5) is 30.7 Å². The Morgan fingerprint density at radius 1 is 1.20 bits per heavy atom. The van der Waals surface area contributed by atoms with Crippen molar-refractivity contribution in [2.45, 2.75) is 18.0 Å². The van der Waals surface area contributed by atoms with Gasteiger partial charge in [0.2, 0.25) is 0 Å². The van der Waals surface area contributed by atoms with Crippen LogP contribution < -0.4 is 0 Å². The molecule has 0 radical (unpaired) electrons. The van der Waals surface area contributed by atoms with Gasteiger partial charge < -0.3 is 5.11 Å². The zero-order valence-electron chi connectivity index (χ0n) is 9.27. The SMILES string of the molecule is Cn1nc(C(F)(F)C(F)(F)C(F)(F)F)c(Br)c1C(=O)O. The Morgan fingerprint density at radius 2 is 1.65 bits per heavy atom. The van der Waals surface area contributed by atoms with Gasteiger partial charge in [-0.15, -0.1) is 0 Å². The quantitative estimate of drug-likeness (QED) is 0.829. The van der Waals surface area contributed by atoms with E-state index in [-0.39, 0.29) is 4.68 Å². The van der Waals surface area contributed by atoms with Gasteiger partial charge in [0.25, 0.3) is 0 Å². The van der Waals surface area contributed by atoms with Gasteiger partial charge >= 0.3 is 24.0 Å². The number of carbonyl (C=O) groups is 1. The summed E-state index contributed by atoms with van der Waals surface area (Å²) in [5, 5.41) is 11.4. The Bertz CT molecular complexity index is 552. The van der Waals surface area contributed by atoms with Crippen molar-refractivity contribution in [2.24, 2.45) is 7.05 Å². The fourth-order valence-corrected chi connectivity index (χ4v) is 2.01. The van der Waals surface area contributed by atoms with Crippen LogP contribution in [0.25, 0.3) is 0 Å². The lowest BCUT2D eigenvalue weighted by Gasteiger charge is -2.27. The van der Waals surface area contributed by atoms with Gasteiger partial charge in [-0.05, 0) is 15.9 Å². The molecular weight excluding hydrogens is 369 g/mol. The molecule has 12 heteroatoms. The molecule has 1 heterocycles. The van der Waals surface area contributed by atoms with Gasteiger partial charge in [0.1, 0.15) is 0 Å². The first kappa shape index (κ1) is 16.7. The zero-order valence-corrected chi connectivity index (χ0v) is 10.9. The summed E-state index contributed by atoms with van der Waals surface area (Å²) < 4.78 is 87.6. The number of hydrogen-bond acceptors (Lipinski definition) is 2. The first-order valence-electron chi connectivity index (χ1n) is 4.53. The maximum Gasteiger partial charge on any atom is 0.460 e. The van der Waals surface area contributed by atoms with Crippen LogP contribution in [0.15, 0.2) is 4.47 Å². The Hall–Kier alpha value is -1.33. The first-order valence-corrected chi connectivity index (χ1v) is 5.33. The van der Waals surface area contributed by atoms with E-state index in [4.69, 9.17) is 5.11 Å². The number of aryl methyl sites for hydroxylation is 1. The molecule has 0 aliphatic heterocycles. The molecule has 0 spiro atoms. The van der Waals surface area contributed by atoms with Crippen LogP contribution in [-0.2, 0) is 13.0 Å². The molecule has 20 heavy (non-hydrogen) atoms. The van der Waals surface area contributed by atoms with Crippen molar-refractivity contribution in [1.82, 2.24) is 9.78 Å². The molecule has 1 aromatic rings. The number of hydrogen-bond donors (Lipinski definition) is 1. The number of carboxylic acid groups (broad SMARTS) is 1. The van der Waals surface area contributed by atoms with E-state index in [1.54, 1.807) is 0 Å². The third-order valence-corrected chi connectivity index (χ3v) is 2.99. The summed E-state index contributed by atoms with van der Waals surface area (Å²) in [6, 6.07) is 0. The number of aromatic nitrogens is 2. The van der Waals surface area contributed by atoms with Crippen LogP contribution in [0.2, 0.25) is 0 Å². The first-order chi connectivity index (χ1) is 8.75. The molecule has 0 amide bonds. The number of aromatic carboxylic acids is 1. The second-order valence-electron chi connectivity index (χ2n) is 3.59. The number of carboxylic acids is 1. The highest BCUT2D eigenvalue weighted by Gasteiger charge is 2.75. The maximum absolute atomic E-state index is 13.4. The number of halogens is 8. The summed E-state index contributed by atoms with van der Waals surface area (Å²) in [4.78, 5) is 10.7. The van der Waals surface area contributed by atoms with Crippen LogP contribution in [-0.4, -0.2) is 33.0 Å². The molecule has 1 rings (SSSR count). The van der Waals surface area contributed by atoms with Gasteiger partial charge in [0.15, 0.2) is 11.4 Å². The molecule has 1 aromatic heterocycles. The largest absolute Gasteiger partial charge is 0.476 e. The molecule has 0 saturated heterocycles. The number of rotatable bonds is 3. The fourth-order valence-electron chi connectivity index (χ4n) is 1.26. The summed E-state index contributed by atoms with van der Waals surface area (Å²) >= 11 is 2.25. The van der Waals surface area contributed by atoms with Crippen molar-refractivity contribution in [3.63, 3.8) is 0 Å². The highest BCUT2D eigenvalue weighted by Crippen LogP contribution is 2.52. The standard InChI is InChI=1S/C8H4BrF7N2O2/c1-18-3(5(19)20)2(9)4(17-18)6(10,11)7(12,13)8(14,15)16/h1H3,(H,19,20). The minimum atomic E-state index is -6.53. The predicted octanol–water partition coefficient (Wildman–Crippen LogP) is 3.17. The molecule has 0 unspecified atom stereocenters. The number of alkyl halides is 7. The molecule has 0 fully saturated rings. The van der Waals surface area contributed by atoms with E-state index in [9.17, 15) is 35.5 Å². The highest BCUT2D eigenvalue weighted by atomic mass is 79.9. The summed E-state index contributed by atoms with van der Waals surface area (Å²) in [6.45, 7) is 0. The maximum atomic E-state index is 13.4. The van der Waals surface area contributed by atoms with Crippen molar-refractivity contribution in [3.05, 3.63) is 15.9 Å². The van der Waals surface area contributed by atoms with Crippen LogP contribution in [0.3, 0.4) is 0 Å². The molecule has 0 atom stereocenters. The normalized spacial score (nSPS) is 13.7. The van der Waals surface area contributed by atoms with Crippen molar-refractivity contribution >= 4 is 21.9 Å². The molecule has 4 nitrogen and oxygen atoms in total. The van der Waals surface area contributed by atoms with Gasteiger partial charge in [-0.1, -0.05) is 0 Å². The summed E-state index contributed by atoms with van der Waals surface area (Å²) in [6.07, 6.45) is -6.53. The Morgan fingerprint density at radius 3 is 1.95 bits per heavy atom. The fraction of sp³-hybridized carbons (Fsp3) is 0.500. The van der Waals surface area contributed by atoms with Crippen LogP contribution in [0, 0.1) is 0 Å². The summed E-state index contributed by atoms with van der Waals surface area (Å²) in [7, 11) is 0.805.